The fourth-order valence-electron chi connectivity index (χ4n) is 1.73. The van der Waals surface area contributed by atoms with Crippen molar-refractivity contribution >= 4 is 11.8 Å². The quantitative estimate of drug-likeness (QED) is 0.635. The Morgan fingerprint density at radius 1 is 1.45 bits per heavy atom. The summed E-state index contributed by atoms with van der Waals surface area (Å²) < 4.78 is 6.47. The molecule has 0 unspecified atom stereocenters. The number of carbonyl (C=O) groups excluding carboxylic acids is 1. The van der Waals surface area contributed by atoms with Gasteiger partial charge in [0.15, 0.2) is 5.82 Å². The zero-order chi connectivity index (χ0) is 15.2. The van der Waals surface area contributed by atoms with Crippen molar-refractivity contribution in [3.63, 3.8) is 0 Å². The Morgan fingerprint density at radius 3 is 2.75 bits per heavy atom. The van der Waals surface area contributed by atoms with Gasteiger partial charge in [-0.1, -0.05) is 0 Å². The highest BCUT2D eigenvalue weighted by molar-refractivity contribution is 5.69. The molecule has 1 heterocycles. The molecule has 0 fully saturated rings. The first-order chi connectivity index (χ1) is 9.36. The lowest BCUT2D eigenvalue weighted by Crippen LogP contribution is -2.35. The second kappa shape index (κ2) is 7.07. The number of aromatic nitrogens is 2. The van der Waals surface area contributed by atoms with Crippen LogP contribution in [0.15, 0.2) is 17.2 Å². The van der Waals surface area contributed by atoms with Gasteiger partial charge in [-0.05, 0) is 34.1 Å². The Labute approximate surface area is 119 Å². The molecule has 0 aliphatic carbocycles. The fourth-order valence-corrected chi connectivity index (χ4v) is 1.73. The van der Waals surface area contributed by atoms with Gasteiger partial charge in [0.1, 0.15) is 0 Å². The van der Waals surface area contributed by atoms with Gasteiger partial charge < -0.3 is 14.6 Å². The number of esters is 1. The smallest absolute Gasteiger partial charge is 0.305 e. The van der Waals surface area contributed by atoms with Crippen molar-refractivity contribution in [3.8, 4) is 0 Å². The van der Waals surface area contributed by atoms with Gasteiger partial charge in [-0.25, -0.2) is 4.98 Å². The minimum Gasteiger partial charge on any atom is -0.466 e. The van der Waals surface area contributed by atoms with Gasteiger partial charge in [-0.2, -0.15) is 0 Å². The SMILES string of the molecule is CCOC(=O)CCCNc1nccn(C(C)(C)C)c1=O. The summed E-state index contributed by atoms with van der Waals surface area (Å²) in [6.07, 6.45) is 4.21. The van der Waals surface area contributed by atoms with E-state index < -0.39 is 0 Å². The zero-order valence-corrected chi connectivity index (χ0v) is 12.6. The highest BCUT2D eigenvalue weighted by Gasteiger charge is 2.16. The van der Waals surface area contributed by atoms with Crippen LogP contribution in [-0.4, -0.2) is 28.7 Å². The van der Waals surface area contributed by atoms with Crippen LogP contribution in [0.2, 0.25) is 0 Å². The molecule has 1 aromatic rings. The summed E-state index contributed by atoms with van der Waals surface area (Å²) in [5.41, 5.74) is -0.447. The normalized spacial score (nSPS) is 11.2. The number of hydrogen-bond acceptors (Lipinski definition) is 5. The van der Waals surface area contributed by atoms with Gasteiger partial charge in [-0.15, -0.1) is 0 Å². The van der Waals surface area contributed by atoms with Gasteiger partial charge >= 0.3 is 5.97 Å². The summed E-state index contributed by atoms with van der Waals surface area (Å²) in [5.74, 6) is 0.0914. The lowest BCUT2D eigenvalue weighted by molar-refractivity contribution is -0.143. The number of nitrogens with one attached hydrogen (secondary N) is 1. The highest BCUT2D eigenvalue weighted by atomic mass is 16.5. The molecule has 0 aliphatic heterocycles. The predicted molar refractivity (Wildman–Crippen MR) is 77.8 cm³/mol. The standard InChI is InChI=1S/C14H23N3O3/c1-5-20-11(18)7-6-8-15-12-13(19)17(10-9-16-12)14(2,3)4/h9-10H,5-8H2,1-4H3,(H,15,16). The molecule has 0 radical (unpaired) electrons. The van der Waals surface area contributed by atoms with Crippen molar-refractivity contribution < 1.29 is 9.53 Å². The Bertz CT molecular complexity index is 503. The average Bonchev–Trinajstić information content (AvgIpc) is 2.35. The molecule has 0 saturated carbocycles. The van der Waals surface area contributed by atoms with Crippen molar-refractivity contribution in [1.29, 1.82) is 0 Å². The molecule has 0 saturated heterocycles. The highest BCUT2D eigenvalue weighted by Crippen LogP contribution is 2.10. The summed E-state index contributed by atoms with van der Waals surface area (Å²) in [6.45, 7) is 8.55. The van der Waals surface area contributed by atoms with E-state index in [2.05, 4.69) is 10.3 Å². The molecule has 0 spiro atoms. The predicted octanol–water partition coefficient (Wildman–Crippen LogP) is 1.75. The molecular weight excluding hydrogens is 258 g/mol. The van der Waals surface area contributed by atoms with Crippen LogP contribution in [0.4, 0.5) is 5.82 Å². The van der Waals surface area contributed by atoms with E-state index in [1.54, 1.807) is 23.9 Å². The van der Waals surface area contributed by atoms with Crippen LogP contribution in [0.25, 0.3) is 0 Å². The van der Waals surface area contributed by atoms with Crippen LogP contribution in [0, 0.1) is 0 Å². The van der Waals surface area contributed by atoms with Crippen molar-refractivity contribution in [2.75, 3.05) is 18.5 Å². The summed E-state index contributed by atoms with van der Waals surface area (Å²) in [7, 11) is 0. The second-order valence-corrected chi connectivity index (χ2v) is 5.46. The van der Waals surface area contributed by atoms with Crippen LogP contribution in [0.1, 0.15) is 40.5 Å². The molecule has 1 aromatic heterocycles. The summed E-state index contributed by atoms with van der Waals surface area (Å²) >= 11 is 0. The van der Waals surface area contributed by atoms with Crippen LogP contribution in [0.5, 0.6) is 0 Å². The van der Waals surface area contributed by atoms with E-state index >= 15 is 0 Å². The first-order valence-corrected chi connectivity index (χ1v) is 6.84. The van der Waals surface area contributed by atoms with E-state index in [0.717, 1.165) is 0 Å². The number of nitrogens with zero attached hydrogens (tertiary/aromatic N) is 2. The molecule has 112 valence electrons. The lowest BCUT2D eigenvalue weighted by Gasteiger charge is -2.22. The Morgan fingerprint density at radius 2 is 2.15 bits per heavy atom. The Balaban J connectivity index is 2.58. The molecule has 6 heteroatoms. The average molecular weight is 281 g/mol. The molecule has 0 aliphatic rings. The minimum absolute atomic E-state index is 0.156. The van der Waals surface area contributed by atoms with E-state index in [0.29, 0.717) is 31.8 Å². The number of carbonyl (C=O) groups is 1. The van der Waals surface area contributed by atoms with Crippen LogP contribution < -0.4 is 10.9 Å². The van der Waals surface area contributed by atoms with Crippen LogP contribution in [0.3, 0.4) is 0 Å². The summed E-state index contributed by atoms with van der Waals surface area (Å²) in [5, 5.41) is 2.97. The van der Waals surface area contributed by atoms with Gasteiger partial charge in [0, 0.05) is 30.9 Å². The van der Waals surface area contributed by atoms with Gasteiger partial charge in [0.05, 0.1) is 6.61 Å². The molecular formula is C14H23N3O3. The third-order valence-corrected chi connectivity index (χ3v) is 2.72. The van der Waals surface area contributed by atoms with E-state index in [4.69, 9.17) is 4.74 Å². The van der Waals surface area contributed by atoms with E-state index in [1.807, 2.05) is 20.8 Å². The molecule has 6 nitrogen and oxygen atoms in total. The zero-order valence-electron chi connectivity index (χ0n) is 12.6. The monoisotopic (exact) mass is 281 g/mol. The molecule has 0 amide bonds. The van der Waals surface area contributed by atoms with Crippen molar-refractivity contribution in [2.24, 2.45) is 0 Å². The maximum absolute atomic E-state index is 12.2. The second-order valence-electron chi connectivity index (χ2n) is 5.46. The Kier molecular flexibility index (Phi) is 5.73. The van der Waals surface area contributed by atoms with Gasteiger partial charge in [-0.3, -0.25) is 9.59 Å². The topological polar surface area (TPSA) is 73.2 Å². The number of anilines is 1. The maximum atomic E-state index is 12.2. The molecule has 1 N–H and O–H groups in total. The van der Waals surface area contributed by atoms with Crippen LogP contribution in [-0.2, 0) is 15.1 Å². The first-order valence-electron chi connectivity index (χ1n) is 6.84. The molecule has 0 aromatic carbocycles. The third kappa shape index (κ3) is 4.68. The first kappa shape index (κ1) is 16.2. The molecule has 0 bridgehead atoms. The summed E-state index contributed by atoms with van der Waals surface area (Å²) in [6, 6.07) is 0. The molecule has 1 rings (SSSR count). The van der Waals surface area contributed by atoms with E-state index in [9.17, 15) is 9.59 Å². The summed E-state index contributed by atoms with van der Waals surface area (Å²) in [4.78, 5) is 27.4. The van der Waals surface area contributed by atoms with Crippen LogP contribution >= 0.6 is 0 Å². The van der Waals surface area contributed by atoms with Gasteiger partial charge in [0.25, 0.3) is 5.56 Å². The number of rotatable bonds is 6. The largest absolute Gasteiger partial charge is 0.466 e. The fraction of sp³-hybridized carbons (Fsp3) is 0.643. The maximum Gasteiger partial charge on any atom is 0.305 e. The van der Waals surface area contributed by atoms with Crippen molar-refractivity contribution in [3.05, 3.63) is 22.7 Å². The van der Waals surface area contributed by atoms with E-state index in [-0.39, 0.29) is 17.1 Å². The van der Waals surface area contributed by atoms with E-state index in [1.165, 1.54) is 0 Å². The van der Waals surface area contributed by atoms with Crippen molar-refractivity contribution in [2.45, 2.75) is 46.1 Å². The lowest BCUT2D eigenvalue weighted by atomic mass is 10.1. The third-order valence-electron chi connectivity index (χ3n) is 2.72. The van der Waals surface area contributed by atoms with Gasteiger partial charge in [0.2, 0.25) is 0 Å². The molecule has 0 atom stereocenters. The molecule has 20 heavy (non-hydrogen) atoms. The van der Waals surface area contributed by atoms with Crippen molar-refractivity contribution in [1.82, 2.24) is 9.55 Å². The number of ether oxygens (including phenoxy) is 1. The number of hydrogen-bond donors (Lipinski definition) is 1. The minimum atomic E-state index is -0.290. The Hall–Kier alpha value is -1.85.